The standard InChI is InChI=1S/C20H23N5OS/c1-14-11-15(2)25-19(21-14)22-20(23-25)27-13-16-7-6-8-17(12-16)18(26)24-9-4-3-5-10-24/h6-8,11-12H,3-5,9-10,13H2,1-2H3. The predicted octanol–water partition coefficient (Wildman–Crippen LogP) is 3.66. The molecule has 0 spiro atoms. The van der Waals surface area contributed by atoms with Crippen molar-refractivity contribution in [2.24, 2.45) is 0 Å². The number of thioether (sulfide) groups is 1. The molecule has 0 unspecified atom stereocenters. The number of hydrogen-bond donors (Lipinski definition) is 0. The van der Waals surface area contributed by atoms with E-state index in [1.54, 1.807) is 16.3 Å². The second kappa shape index (κ2) is 7.68. The Bertz CT molecular complexity index is 978. The first-order valence-corrected chi connectivity index (χ1v) is 10.3. The fourth-order valence-corrected chi connectivity index (χ4v) is 4.19. The minimum Gasteiger partial charge on any atom is -0.339 e. The van der Waals surface area contributed by atoms with Crippen LogP contribution in [0.3, 0.4) is 0 Å². The van der Waals surface area contributed by atoms with Crippen LogP contribution >= 0.6 is 11.8 Å². The Kier molecular flexibility index (Phi) is 5.11. The molecule has 3 heterocycles. The minimum atomic E-state index is 0.141. The maximum absolute atomic E-state index is 12.7. The third kappa shape index (κ3) is 3.98. The van der Waals surface area contributed by atoms with Gasteiger partial charge in [-0.15, -0.1) is 5.10 Å². The maximum Gasteiger partial charge on any atom is 0.253 e. The Hall–Kier alpha value is -2.41. The van der Waals surface area contributed by atoms with Crippen LogP contribution < -0.4 is 0 Å². The molecule has 3 aromatic rings. The second-order valence-corrected chi connectivity index (χ2v) is 7.93. The Morgan fingerprint density at radius 2 is 1.93 bits per heavy atom. The number of hydrogen-bond acceptors (Lipinski definition) is 5. The van der Waals surface area contributed by atoms with Crippen molar-refractivity contribution in [1.82, 2.24) is 24.5 Å². The second-order valence-electron chi connectivity index (χ2n) is 6.99. The van der Waals surface area contributed by atoms with Gasteiger partial charge in [0.25, 0.3) is 11.7 Å². The van der Waals surface area contributed by atoms with E-state index in [0.717, 1.165) is 54.2 Å². The van der Waals surface area contributed by atoms with Crippen LogP contribution in [0.1, 0.15) is 46.6 Å². The Labute approximate surface area is 163 Å². The van der Waals surface area contributed by atoms with Crippen molar-refractivity contribution < 1.29 is 4.79 Å². The first-order chi connectivity index (χ1) is 13.1. The molecule has 1 fully saturated rings. The average Bonchev–Trinajstić information content (AvgIpc) is 3.10. The lowest BCUT2D eigenvalue weighted by atomic mass is 10.1. The van der Waals surface area contributed by atoms with Crippen molar-refractivity contribution in [3.8, 4) is 0 Å². The quantitative estimate of drug-likeness (QED) is 0.646. The molecule has 0 bridgehead atoms. The normalized spacial score (nSPS) is 14.7. The van der Waals surface area contributed by atoms with Crippen LogP contribution in [0.4, 0.5) is 0 Å². The van der Waals surface area contributed by atoms with Crippen LogP contribution in [0.25, 0.3) is 5.78 Å². The number of likely N-dealkylation sites (tertiary alicyclic amines) is 1. The van der Waals surface area contributed by atoms with Crippen LogP contribution in [-0.2, 0) is 5.75 Å². The SMILES string of the molecule is Cc1cc(C)n2nc(SCc3cccc(C(=O)N4CCCCC4)c3)nc2n1. The van der Waals surface area contributed by atoms with E-state index in [2.05, 4.69) is 15.1 Å². The van der Waals surface area contributed by atoms with Crippen molar-refractivity contribution in [3.63, 3.8) is 0 Å². The fourth-order valence-electron chi connectivity index (χ4n) is 3.43. The van der Waals surface area contributed by atoms with Gasteiger partial charge in [0, 0.05) is 35.8 Å². The largest absolute Gasteiger partial charge is 0.339 e. The van der Waals surface area contributed by atoms with Gasteiger partial charge in [0.05, 0.1) is 0 Å². The van der Waals surface area contributed by atoms with Gasteiger partial charge >= 0.3 is 0 Å². The summed E-state index contributed by atoms with van der Waals surface area (Å²) >= 11 is 1.56. The van der Waals surface area contributed by atoms with Crippen LogP contribution in [0.2, 0.25) is 0 Å². The molecule has 6 nitrogen and oxygen atoms in total. The summed E-state index contributed by atoms with van der Waals surface area (Å²) in [5.74, 6) is 1.49. The zero-order valence-electron chi connectivity index (χ0n) is 15.7. The molecule has 1 amide bonds. The first kappa shape index (κ1) is 18.0. The Balaban J connectivity index is 1.47. The molecule has 0 radical (unpaired) electrons. The number of amides is 1. The van der Waals surface area contributed by atoms with E-state index in [1.807, 2.05) is 49.1 Å². The van der Waals surface area contributed by atoms with Gasteiger partial charge in [0.15, 0.2) is 0 Å². The molecule has 1 saturated heterocycles. The Morgan fingerprint density at radius 3 is 2.74 bits per heavy atom. The molecule has 1 aliphatic rings. The van der Waals surface area contributed by atoms with E-state index in [9.17, 15) is 4.79 Å². The number of rotatable bonds is 4. The highest BCUT2D eigenvalue weighted by atomic mass is 32.2. The molecule has 7 heteroatoms. The Morgan fingerprint density at radius 1 is 1.11 bits per heavy atom. The molecule has 140 valence electrons. The lowest BCUT2D eigenvalue weighted by molar-refractivity contribution is 0.0724. The van der Waals surface area contributed by atoms with Gasteiger partial charge < -0.3 is 4.90 Å². The van der Waals surface area contributed by atoms with Crippen molar-refractivity contribution in [2.45, 2.75) is 44.0 Å². The number of aromatic nitrogens is 4. The number of piperidine rings is 1. The first-order valence-electron chi connectivity index (χ1n) is 9.32. The number of aryl methyl sites for hydroxylation is 2. The van der Waals surface area contributed by atoms with Crippen LogP contribution in [-0.4, -0.2) is 43.5 Å². The molecule has 0 atom stereocenters. The molecular weight excluding hydrogens is 358 g/mol. The highest BCUT2D eigenvalue weighted by Gasteiger charge is 2.18. The molecule has 0 aliphatic carbocycles. The summed E-state index contributed by atoms with van der Waals surface area (Å²) in [6.07, 6.45) is 3.43. The highest BCUT2D eigenvalue weighted by Crippen LogP contribution is 2.22. The molecular formula is C20H23N5OS. The lowest BCUT2D eigenvalue weighted by Crippen LogP contribution is -2.35. The molecule has 2 aromatic heterocycles. The highest BCUT2D eigenvalue weighted by molar-refractivity contribution is 7.98. The summed E-state index contributed by atoms with van der Waals surface area (Å²) in [7, 11) is 0. The van der Waals surface area contributed by atoms with Crippen LogP contribution in [0.15, 0.2) is 35.5 Å². The number of fused-ring (bicyclic) bond motifs is 1. The van der Waals surface area contributed by atoms with E-state index in [4.69, 9.17) is 0 Å². The van der Waals surface area contributed by atoms with Gasteiger partial charge in [-0.3, -0.25) is 4.79 Å². The van der Waals surface area contributed by atoms with Gasteiger partial charge in [-0.2, -0.15) is 4.98 Å². The van der Waals surface area contributed by atoms with Crippen molar-refractivity contribution >= 4 is 23.4 Å². The number of carbonyl (C=O) groups excluding carboxylic acids is 1. The number of nitrogens with zero attached hydrogens (tertiary/aromatic N) is 5. The zero-order chi connectivity index (χ0) is 18.8. The lowest BCUT2D eigenvalue weighted by Gasteiger charge is -2.26. The molecule has 0 saturated carbocycles. The summed E-state index contributed by atoms with van der Waals surface area (Å²) in [4.78, 5) is 23.6. The summed E-state index contributed by atoms with van der Waals surface area (Å²) in [5.41, 5.74) is 3.83. The van der Waals surface area contributed by atoms with Gasteiger partial charge in [-0.05, 0) is 56.9 Å². The van der Waals surface area contributed by atoms with Gasteiger partial charge in [0.2, 0.25) is 5.16 Å². The predicted molar refractivity (Wildman–Crippen MR) is 106 cm³/mol. The van der Waals surface area contributed by atoms with Crippen molar-refractivity contribution in [1.29, 1.82) is 0 Å². The monoisotopic (exact) mass is 381 g/mol. The van der Waals surface area contributed by atoms with E-state index >= 15 is 0 Å². The van der Waals surface area contributed by atoms with E-state index in [-0.39, 0.29) is 5.91 Å². The summed E-state index contributed by atoms with van der Waals surface area (Å²) < 4.78 is 1.77. The van der Waals surface area contributed by atoms with E-state index in [0.29, 0.717) is 10.9 Å². The zero-order valence-corrected chi connectivity index (χ0v) is 16.5. The third-order valence-corrected chi connectivity index (χ3v) is 5.69. The van der Waals surface area contributed by atoms with Crippen molar-refractivity contribution in [3.05, 3.63) is 52.8 Å². The molecule has 27 heavy (non-hydrogen) atoms. The van der Waals surface area contributed by atoms with E-state index in [1.165, 1.54) is 6.42 Å². The summed E-state index contributed by atoms with van der Waals surface area (Å²) in [6.45, 7) is 5.70. The fraction of sp³-hybridized carbons (Fsp3) is 0.400. The minimum absolute atomic E-state index is 0.141. The summed E-state index contributed by atoms with van der Waals surface area (Å²) in [6, 6.07) is 9.90. The maximum atomic E-state index is 12.7. The summed E-state index contributed by atoms with van der Waals surface area (Å²) in [5, 5.41) is 5.23. The smallest absolute Gasteiger partial charge is 0.253 e. The van der Waals surface area contributed by atoms with E-state index < -0.39 is 0 Å². The number of benzene rings is 1. The topological polar surface area (TPSA) is 63.4 Å². The molecule has 1 aromatic carbocycles. The average molecular weight is 382 g/mol. The molecule has 4 rings (SSSR count). The molecule has 1 aliphatic heterocycles. The third-order valence-electron chi connectivity index (χ3n) is 4.78. The number of carbonyl (C=O) groups is 1. The van der Waals surface area contributed by atoms with Crippen LogP contribution in [0, 0.1) is 13.8 Å². The van der Waals surface area contributed by atoms with Gasteiger partial charge in [-0.1, -0.05) is 23.9 Å². The van der Waals surface area contributed by atoms with Crippen LogP contribution in [0.5, 0.6) is 0 Å². The van der Waals surface area contributed by atoms with Gasteiger partial charge in [0.1, 0.15) is 0 Å². The van der Waals surface area contributed by atoms with Crippen molar-refractivity contribution in [2.75, 3.05) is 13.1 Å². The van der Waals surface area contributed by atoms with Gasteiger partial charge in [-0.25, -0.2) is 9.50 Å². The molecule has 0 N–H and O–H groups in total.